The van der Waals surface area contributed by atoms with Crippen LogP contribution in [0, 0.1) is 0 Å². The highest BCUT2D eigenvalue weighted by atomic mass is 35.5. The zero-order chi connectivity index (χ0) is 13.7. The molecule has 0 spiro atoms. The van der Waals surface area contributed by atoms with Gasteiger partial charge in [0, 0.05) is 24.8 Å². The van der Waals surface area contributed by atoms with Crippen molar-refractivity contribution in [3.63, 3.8) is 0 Å². The summed E-state index contributed by atoms with van der Waals surface area (Å²) in [4.78, 5) is 14.5. The van der Waals surface area contributed by atoms with E-state index in [0.717, 1.165) is 19.4 Å². The number of ketones is 1. The molecule has 1 aliphatic carbocycles. The Kier molecular flexibility index (Phi) is 5.37. The number of benzene rings is 1. The molecule has 0 amide bonds. The molecular formula is C15H20ClNO2. The molecule has 104 valence electrons. The number of hydrogen-bond donors (Lipinski definition) is 1. The molecule has 0 atom stereocenters. The topological polar surface area (TPSA) is 40.5 Å². The monoisotopic (exact) mass is 281 g/mol. The van der Waals surface area contributed by atoms with Crippen molar-refractivity contribution in [2.24, 2.45) is 0 Å². The maximum absolute atomic E-state index is 12.3. The van der Waals surface area contributed by atoms with Crippen LogP contribution >= 0.6 is 11.6 Å². The van der Waals surface area contributed by atoms with Gasteiger partial charge in [-0.1, -0.05) is 30.2 Å². The average molecular weight is 282 g/mol. The first-order chi connectivity index (χ1) is 9.22. The summed E-state index contributed by atoms with van der Waals surface area (Å²) < 4.78 is 0. The average Bonchev–Trinajstić information content (AvgIpc) is 2.34. The van der Waals surface area contributed by atoms with Gasteiger partial charge in [-0.15, -0.1) is 0 Å². The molecular weight excluding hydrogens is 262 g/mol. The third-order valence-corrected chi connectivity index (χ3v) is 4.05. The zero-order valence-electron chi connectivity index (χ0n) is 11.0. The predicted molar refractivity (Wildman–Crippen MR) is 76.7 cm³/mol. The molecule has 1 aromatic carbocycles. The number of aliphatic hydroxyl groups is 1. The smallest absolute Gasteiger partial charge is 0.178 e. The van der Waals surface area contributed by atoms with Crippen molar-refractivity contribution in [2.75, 3.05) is 19.7 Å². The summed E-state index contributed by atoms with van der Waals surface area (Å²) in [6.45, 7) is 1.34. The molecule has 0 unspecified atom stereocenters. The maximum atomic E-state index is 12.3. The van der Waals surface area contributed by atoms with Gasteiger partial charge in [-0.3, -0.25) is 9.69 Å². The van der Waals surface area contributed by atoms with Crippen LogP contribution in [0.5, 0.6) is 0 Å². The maximum Gasteiger partial charge on any atom is 0.178 e. The molecule has 1 fully saturated rings. The minimum atomic E-state index is 0.0652. The first-order valence-corrected chi connectivity index (χ1v) is 7.23. The standard InChI is InChI=1S/C15H20ClNO2/c16-14-8-2-1-7-13(14)15(19)11-17(9-4-10-18)12-5-3-6-12/h1-2,7-8,12,18H,3-6,9-11H2. The Labute approximate surface area is 119 Å². The number of halogens is 1. The minimum Gasteiger partial charge on any atom is -0.396 e. The van der Waals surface area contributed by atoms with Crippen LogP contribution in [0.4, 0.5) is 0 Å². The van der Waals surface area contributed by atoms with E-state index in [1.54, 1.807) is 12.1 Å². The fourth-order valence-corrected chi connectivity index (χ4v) is 2.61. The molecule has 19 heavy (non-hydrogen) atoms. The number of nitrogens with zero attached hydrogens (tertiary/aromatic N) is 1. The Morgan fingerprint density at radius 3 is 2.68 bits per heavy atom. The normalized spacial score (nSPS) is 15.5. The molecule has 3 nitrogen and oxygen atoms in total. The molecule has 1 saturated carbocycles. The van der Waals surface area contributed by atoms with Crippen molar-refractivity contribution >= 4 is 17.4 Å². The SMILES string of the molecule is O=C(CN(CCCO)C1CCC1)c1ccccc1Cl. The summed E-state index contributed by atoms with van der Waals surface area (Å²) in [6.07, 6.45) is 4.26. The molecule has 2 rings (SSSR count). The summed E-state index contributed by atoms with van der Waals surface area (Å²) in [5, 5.41) is 9.47. The highest BCUT2D eigenvalue weighted by molar-refractivity contribution is 6.34. The minimum absolute atomic E-state index is 0.0652. The zero-order valence-corrected chi connectivity index (χ0v) is 11.8. The van der Waals surface area contributed by atoms with Crippen LogP contribution in [0.15, 0.2) is 24.3 Å². The van der Waals surface area contributed by atoms with E-state index in [4.69, 9.17) is 16.7 Å². The number of carbonyl (C=O) groups excluding carboxylic acids is 1. The van der Waals surface area contributed by atoms with Gasteiger partial charge in [-0.2, -0.15) is 0 Å². The fourth-order valence-electron chi connectivity index (χ4n) is 2.37. The van der Waals surface area contributed by atoms with Gasteiger partial charge in [-0.25, -0.2) is 0 Å². The number of carbonyl (C=O) groups is 1. The lowest BCUT2D eigenvalue weighted by Gasteiger charge is -2.37. The van der Waals surface area contributed by atoms with Crippen LogP contribution in [0.1, 0.15) is 36.0 Å². The number of Topliss-reactive ketones (excluding diaryl/α,β-unsaturated/α-hetero) is 1. The van der Waals surface area contributed by atoms with Crippen molar-refractivity contribution in [2.45, 2.75) is 31.7 Å². The van der Waals surface area contributed by atoms with E-state index in [0.29, 0.717) is 29.6 Å². The molecule has 1 N–H and O–H groups in total. The van der Waals surface area contributed by atoms with E-state index in [1.807, 2.05) is 12.1 Å². The predicted octanol–water partition coefficient (Wildman–Crippen LogP) is 2.76. The van der Waals surface area contributed by atoms with Crippen molar-refractivity contribution in [3.05, 3.63) is 34.9 Å². The molecule has 1 aliphatic rings. The Bertz CT molecular complexity index is 432. The Morgan fingerprint density at radius 2 is 2.11 bits per heavy atom. The molecule has 0 aliphatic heterocycles. The van der Waals surface area contributed by atoms with Crippen LogP contribution in [-0.2, 0) is 0 Å². The summed E-state index contributed by atoms with van der Waals surface area (Å²) in [5.74, 6) is 0.0652. The summed E-state index contributed by atoms with van der Waals surface area (Å²) in [7, 11) is 0. The second-order valence-electron chi connectivity index (χ2n) is 5.04. The van der Waals surface area contributed by atoms with E-state index in [9.17, 15) is 4.79 Å². The first kappa shape index (κ1) is 14.5. The van der Waals surface area contributed by atoms with Gasteiger partial charge in [0.25, 0.3) is 0 Å². The number of aliphatic hydroxyl groups excluding tert-OH is 1. The van der Waals surface area contributed by atoms with E-state index in [1.165, 1.54) is 6.42 Å². The van der Waals surface area contributed by atoms with Gasteiger partial charge in [-0.05, 0) is 31.4 Å². The van der Waals surface area contributed by atoms with Crippen LogP contribution in [0.3, 0.4) is 0 Å². The van der Waals surface area contributed by atoms with E-state index < -0.39 is 0 Å². The quantitative estimate of drug-likeness (QED) is 0.781. The largest absolute Gasteiger partial charge is 0.396 e. The highest BCUT2D eigenvalue weighted by Crippen LogP contribution is 2.25. The number of rotatable bonds is 7. The van der Waals surface area contributed by atoms with Crippen molar-refractivity contribution < 1.29 is 9.90 Å². The van der Waals surface area contributed by atoms with E-state index >= 15 is 0 Å². The molecule has 0 radical (unpaired) electrons. The fraction of sp³-hybridized carbons (Fsp3) is 0.533. The Balaban J connectivity index is 1.99. The van der Waals surface area contributed by atoms with Gasteiger partial charge in [0.15, 0.2) is 5.78 Å². The summed E-state index contributed by atoms with van der Waals surface area (Å²) in [6, 6.07) is 7.68. The van der Waals surface area contributed by atoms with Crippen molar-refractivity contribution in [1.82, 2.24) is 4.90 Å². The Hall–Kier alpha value is -0.900. The van der Waals surface area contributed by atoms with Gasteiger partial charge < -0.3 is 5.11 Å². The lowest BCUT2D eigenvalue weighted by Crippen LogP contribution is -2.43. The second kappa shape index (κ2) is 7.04. The third-order valence-electron chi connectivity index (χ3n) is 3.72. The van der Waals surface area contributed by atoms with E-state index in [2.05, 4.69) is 4.90 Å². The van der Waals surface area contributed by atoms with Crippen LogP contribution in [-0.4, -0.2) is 41.5 Å². The number of hydrogen-bond acceptors (Lipinski definition) is 3. The van der Waals surface area contributed by atoms with Gasteiger partial charge >= 0.3 is 0 Å². The molecule has 0 heterocycles. The summed E-state index contributed by atoms with van der Waals surface area (Å²) in [5.41, 5.74) is 0.595. The van der Waals surface area contributed by atoms with Crippen molar-refractivity contribution in [1.29, 1.82) is 0 Å². The molecule has 1 aromatic rings. The third kappa shape index (κ3) is 3.78. The first-order valence-electron chi connectivity index (χ1n) is 6.85. The lowest BCUT2D eigenvalue weighted by atomic mass is 9.91. The Morgan fingerprint density at radius 1 is 1.37 bits per heavy atom. The molecule has 0 bridgehead atoms. The van der Waals surface area contributed by atoms with Gasteiger partial charge in [0.2, 0.25) is 0 Å². The van der Waals surface area contributed by atoms with Gasteiger partial charge in [0.1, 0.15) is 0 Å². The van der Waals surface area contributed by atoms with E-state index in [-0.39, 0.29) is 12.4 Å². The van der Waals surface area contributed by atoms with Gasteiger partial charge in [0.05, 0.1) is 11.6 Å². The van der Waals surface area contributed by atoms with Crippen LogP contribution in [0.2, 0.25) is 5.02 Å². The van der Waals surface area contributed by atoms with Crippen LogP contribution < -0.4 is 0 Å². The summed E-state index contributed by atoms with van der Waals surface area (Å²) >= 11 is 6.05. The highest BCUT2D eigenvalue weighted by Gasteiger charge is 2.26. The lowest BCUT2D eigenvalue weighted by molar-refractivity contribution is 0.0788. The molecule has 4 heteroatoms. The van der Waals surface area contributed by atoms with Crippen molar-refractivity contribution in [3.8, 4) is 0 Å². The van der Waals surface area contributed by atoms with Crippen LogP contribution in [0.25, 0.3) is 0 Å². The molecule has 0 saturated heterocycles. The molecule has 0 aromatic heterocycles. The second-order valence-corrected chi connectivity index (χ2v) is 5.44.